The number of hydrogen-bond acceptors (Lipinski definition) is 8. The Labute approximate surface area is 239 Å². The van der Waals surface area contributed by atoms with Crippen molar-refractivity contribution in [2.75, 3.05) is 18.6 Å². The number of nitrogens with zero attached hydrogens (tertiary/aromatic N) is 2. The van der Waals surface area contributed by atoms with Crippen molar-refractivity contribution in [2.45, 2.75) is 19.3 Å². The van der Waals surface area contributed by atoms with Crippen molar-refractivity contribution in [1.29, 1.82) is 0 Å². The fourth-order valence-electron chi connectivity index (χ4n) is 4.47. The Bertz CT molecular complexity index is 1640. The molecule has 4 N–H and O–H groups in total. The fourth-order valence-corrected chi connectivity index (χ4v) is 4.47. The second kappa shape index (κ2) is 11.7. The molecule has 5 rings (SSSR count). The number of hydroxylamine groups is 1. The van der Waals surface area contributed by atoms with Gasteiger partial charge in [0.25, 0.3) is 0 Å². The van der Waals surface area contributed by atoms with Crippen LogP contribution in [0.5, 0.6) is 23.0 Å². The van der Waals surface area contributed by atoms with Crippen LogP contribution in [-0.4, -0.2) is 41.6 Å². The third-order valence-corrected chi connectivity index (χ3v) is 6.94. The predicted octanol–water partition coefficient (Wildman–Crippen LogP) is 4.38. The number of amides is 3. The van der Waals surface area contributed by atoms with Gasteiger partial charge in [-0.2, -0.15) is 0 Å². The van der Waals surface area contributed by atoms with Crippen LogP contribution < -0.4 is 30.3 Å². The molecule has 3 aromatic carbocycles. The number of carbonyl (C=O) groups is 3. The molecule has 216 valence electrons. The zero-order chi connectivity index (χ0) is 29.9. The largest absolute Gasteiger partial charge is 0.493 e. The quantitative estimate of drug-likeness (QED) is 0.136. The van der Waals surface area contributed by atoms with Gasteiger partial charge in [-0.05, 0) is 73.5 Å². The molecule has 0 bridgehead atoms. The molecule has 1 aliphatic carbocycles. The first-order valence-electron chi connectivity index (χ1n) is 13.0. The van der Waals surface area contributed by atoms with Crippen molar-refractivity contribution >= 4 is 40.0 Å². The summed E-state index contributed by atoms with van der Waals surface area (Å²) in [6.07, 6.45) is 2.20. The van der Waals surface area contributed by atoms with Crippen LogP contribution in [0.4, 0.5) is 15.8 Å². The number of nitrogens with two attached hydrogens (primary N) is 1. The zero-order valence-corrected chi connectivity index (χ0v) is 22.5. The van der Waals surface area contributed by atoms with Crippen LogP contribution in [0.1, 0.15) is 19.3 Å². The third kappa shape index (κ3) is 5.65. The van der Waals surface area contributed by atoms with Gasteiger partial charge in [0.05, 0.1) is 25.7 Å². The van der Waals surface area contributed by atoms with Gasteiger partial charge in [0.15, 0.2) is 11.5 Å². The minimum atomic E-state index is -1.29. The summed E-state index contributed by atoms with van der Waals surface area (Å²) in [5.74, 6) is -0.592. The molecule has 0 unspecified atom stereocenters. The van der Waals surface area contributed by atoms with Gasteiger partial charge >= 0.3 is 0 Å². The predicted molar refractivity (Wildman–Crippen MR) is 149 cm³/mol. The summed E-state index contributed by atoms with van der Waals surface area (Å²) < 4.78 is 30.9. The van der Waals surface area contributed by atoms with Crippen molar-refractivity contribution in [2.24, 2.45) is 11.1 Å². The van der Waals surface area contributed by atoms with E-state index in [1.807, 2.05) is 0 Å². The number of nitrogens with one attached hydrogen (secondary N) is 1. The number of ether oxygens (including phenoxy) is 3. The van der Waals surface area contributed by atoms with Crippen LogP contribution in [0.25, 0.3) is 10.9 Å². The standard InChI is InChI=1S/C30H27FN4O7/c1-40-25-17-23-22(16-26(25)41-15-11-27(36)34-39)24(10-14-33-23)42-21-8-6-20(7-9-21)35(19-4-2-18(31)3-5-19)29(38)30(12-13-30)28(32)37/h2-10,14,16-17,39H,11-13,15H2,1H3,(H2,32,37)(H,34,36). The van der Waals surface area contributed by atoms with Gasteiger partial charge in [0.2, 0.25) is 17.7 Å². The number of halogens is 1. The first-order valence-corrected chi connectivity index (χ1v) is 13.0. The Kier molecular flexibility index (Phi) is 7.89. The minimum absolute atomic E-state index is 0.00745. The third-order valence-electron chi connectivity index (χ3n) is 6.94. The Hall–Kier alpha value is -5.23. The van der Waals surface area contributed by atoms with Crippen molar-refractivity contribution in [3.05, 3.63) is 78.7 Å². The summed E-state index contributed by atoms with van der Waals surface area (Å²) in [6.45, 7) is -0.00745. The van der Waals surface area contributed by atoms with Crippen LogP contribution >= 0.6 is 0 Å². The van der Waals surface area contributed by atoms with Gasteiger partial charge in [-0.3, -0.25) is 29.5 Å². The van der Waals surface area contributed by atoms with E-state index in [1.165, 1.54) is 36.3 Å². The van der Waals surface area contributed by atoms with Crippen molar-refractivity contribution in [3.8, 4) is 23.0 Å². The van der Waals surface area contributed by atoms with Gasteiger partial charge < -0.3 is 19.9 Å². The van der Waals surface area contributed by atoms with Crippen molar-refractivity contribution < 1.29 is 38.2 Å². The topological polar surface area (TPSA) is 153 Å². The Morgan fingerprint density at radius 3 is 2.26 bits per heavy atom. The monoisotopic (exact) mass is 574 g/mol. The van der Waals surface area contributed by atoms with Gasteiger partial charge in [-0.15, -0.1) is 0 Å². The Morgan fingerprint density at radius 2 is 1.67 bits per heavy atom. The van der Waals surface area contributed by atoms with E-state index >= 15 is 0 Å². The summed E-state index contributed by atoms with van der Waals surface area (Å²) in [6, 6.07) is 17.0. The van der Waals surface area contributed by atoms with Crippen LogP contribution in [-0.2, 0) is 14.4 Å². The lowest BCUT2D eigenvalue weighted by Crippen LogP contribution is -2.41. The lowest BCUT2D eigenvalue weighted by atomic mass is 10.0. The lowest BCUT2D eigenvalue weighted by molar-refractivity contribution is -0.133. The van der Waals surface area contributed by atoms with E-state index in [2.05, 4.69) is 4.98 Å². The average molecular weight is 575 g/mol. The van der Waals surface area contributed by atoms with E-state index in [0.29, 0.717) is 58.1 Å². The normalized spacial score (nSPS) is 13.2. The highest BCUT2D eigenvalue weighted by atomic mass is 19.1. The van der Waals surface area contributed by atoms with Gasteiger partial charge in [-0.1, -0.05) is 0 Å². The molecule has 1 aromatic heterocycles. The molecule has 0 aliphatic heterocycles. The highest BCUT2D eigenvalue weighted by Crippen LogP contribution is 2.49. The maximum atomic E-state index is 13.6. The summed E-state index contributed by atoms with van der Waals surface area (Å²) in [7, 11) is 1.48. The Balaban J connectivity index is 1.43. The number of aromatic nitrogens is 1. The number of primary amides is 1. The molecule has 0 saturated heterocycles. The molecule has 0 atom stereocenters. The van der Waals surface area contributed by atoms with Gasteiger partial charge in [-0.25, -0.2) is 9.87 Å². The molecule has 11 nitrogen and oxygen atoms in total. The van der Waals surface area contributed by atoms with E-state index < -0.39 is 29.0 Å². The molecule has 1 aliphatic rings. The molecule has 1 heterocycles. The molecule has 42 heavy (non-hydrogen) atoms. The molecular weight excluding hydrogens is 547 g/mol. The van der Waals surface area contributed by atoms with Crippen molar-refractivity contribution in [3.63, 3.8) is 0 Å². The fraction of sp³-hybridized carbons (Fsp3) is 0.200. The average Bonchev–Trinajstić information content (AvgIpc) is 3.81. The SMILES string of the molecule is COc1cc2nccc(Oc3ccc(N(C(=O)C4(C(N)=O)CC4)c4ccc(F)cc4)cc3)c2cc1OCCC(=O)NO. The van der Waals surface area contributed by atoms with E-state index in [0.717, 1.165) is 0 Å². The number of methoxy groups -OCH3 is 1. The molecule has 1 saturated carbocycles. The number of hydrogen-bond donors (Lipinski definition) is 3. The highest BCUT2D eigenvalue weighted by Gasteiger charge is 2.57. The summed E-state index contributed by atoms with van der Waals surface area (Å²) >= 11 is 0. The smallest absolute Gasteiger partial charge is 0.247 e. The number of benzene rings is 3. The maximum absolute atomic E-state index is 13.6. The first kappa shape index (κ1) is 28.3. The number of fused-ring (bicyclic) bond motifs is 1. The lowest BCUT2D eigenvalue weighted by Gasteiger charge is -2.26. The minimum Gasteiger partial charge on any atom is -0.493 e. The van der Waals surface area contributed by atoms with Crippen LogP contribution in [0.15, 0.2) is 72.9 Å². The molecule has 12 heteroatoms. The van der Waals surface area contributed by atoms with E-state index in [9.17, 15) is 18.8 Å². The van der Waals surface area contributed by atoms with Crippen LogP contribution in [0.2, 0.25) is 0 Å². The van der Waals surface area contributed by atoms with Gasteiger partial charge in [0, 0.05) is 29.0 Å². The molecular formula is C30H27FN4O7. The highest BCUT2D eigenvalue weighted by molar-refractivity contribution is 6.16. The number of rotatable bonds is 11. The molecule has 0 radical (unpaired) electrons. The van der Waals surface area contributed by atoms with E-state index in [-0.39, 0.29) is 13.0 Å². The van der Waals surface area contributed by atoms with Crippen molar-refractivity contribution in [1.82, 2.24) is 10.5 Å². The molecule has 3 amide bonds. The maximum Gasteiger partial charge on any atom is 0.247 e. The molecule has 4 aromatic rings. The molecule has 1 fully saturated rings. The van der Waals surface area contributed by atoms with Crippen LogP contribution in [0, 0.1) is 11.2 Å². The van der Waals surface area contributed by atoms with E-state index in [4.69, 9.17) is 25.2 Å². The number of carbonyl (C=O) groups excluding carboxylic acids is 3. The van der Waals surface area contributed by atoms with Crippen LogP contribution in [0.3, 0.4) is 0 Å². The second-order valence-corrected chi connectivity index (χ2v) is 9.62. The first-order chi connectivity index (χ1) is 20.3. The number of anilines is 2. The van der Waals surface area contributed by atoms with Gasteiger partial charge in [0.1, 0.15) is 22.7 Å². The van der Waals surface area contributed by atoms with E-state index in [1.54, 1.807) is 54.1 Å². The second-order valence-electron chi connectivity index (χ2n) is 9.62. The summed E-state index contributed by atoms with van der Waals surface area (Å²) in [5, 5.41) is 9.30. The molecule has 0 spiro atoms. The Morgan fingerprint density at radius 1 is 1.00 bits per heavy atom. The summed E-state index contributed by atoms with van der Waals surface area (Å²) in [4.78, 5) is 42.7. The summed E-state index contributed by atoms with van der Waals surface area (Å²) in [5.41, 5.74) is 7.23. The number of pyridine rings is 1. The zero-order valence-electron chi connectivity index (χ0n) is 22.5.